The van der Waals surface area contributed by atoms with Gasteiger partial charge in [-0.1, -0.05) is 0 Å². The van der Waals surface area contributed by atoms with E-state index in [1.165, 1.54) is 44.7 Å². The first kappa shape index (κ1) is 16.2. The zero-order chi connectivity index (χ0) is 12.3. The molecule has 0 radical (unpaired) electrons. The number of hydrogen-bond acceptors (Lipinski definition) is 0. The molecule has 0 fully saturated rings. The van der Waals surface area contributed by atoms with E-state index >= 15 is 0 Å². The Labute approximate surface area is 104 Å². The van der Waals surface area contributed by atoms with Crippen LogP contribution in [-0.2, 0) is 0 Å². The second kappa shape index (κ2) is 10.3. The maximum atomic E-state index is 4.00. The van der Waals surface area contributed by atoms with Crippen molar-refractivity contribution in [1.82, 2.24) is 0 Å². The zero-order valence-corrected chi connectivity index (χ0v) is 12.9. The van der Waals surface area contributed by atoms with E-state index in [2.05, 4.69) is 33.4 Å². The van der Waals surface area contributed by atoms with Crippen LogP contribution in [0.4, 0.5) is 0 Å². The number of unbranched alkanes of at least 4 members (excludes halogenated alkanes) is 3. The molecular formula is C15H33P. The van der Waals surface area contributed by atoms with Gasteiger partial charge < -0.3 is 0 Å². The van der Waals surface area contributed by atoms with Crippen LogP contribution >= 0.6 is 7.26 Å². The Kier molecular flexibility index (Phi) is 10.4. The summed E-state index contributed by atoms with van der Waals surface area (Å²) in [4.78, 5) is 0. The Morgan fingerprint density at radius 1 is 0.812 bits per heavy atom. The molecule has 1 heteroatoms. The number of allylic oxidation sites excluding steroid dienone is 1. The molecular weight excluding hydrogens is 211 g/mol. The van der Waals surface area contributed by atoms with Crippen molar-refractivity contribution in [3.63, 3.8) is 0 Å². The molecule has 0 aliphatic heterocycles. The molecule has 0 amide bonds. The molecule has 0 aliphatic carbocycles. The first-order valence-corrected chi connectivity index (χ1v) is 10.2. The summed E-state index contributed by atoms with van der Waals surface area (Å²) >= 11 is 0. The standard InChI is InChI=1S/C15H33P/c1-5-9-13-16(12-8-4,14-10-6-2)15-11-7-3/h8,16H,4-7,9-15H2,1-3H3. The quantitative estimate of drug-likeness (QED) is 0.341. The summed E-state index contributed by atoms with van der Waals surface area (Å²) in [7, 11) is -0.976. The van der Waals surface area contributed by atoms with Gasteiger partial charge in [-0.3, -0.25) is 0 Å². The van der Waals surface area contributed by atoms with Crippen LogP contribution in [0.5, 0.6) is 0 Å². The van der Waals surface area contributed by atoms with Crippen molar-refractivity contribution < 1.29 is 0 Å². The third-order valence-corrected chi connectivity index (χ3v) is 9.16. The van der Waals surface area contributed by atoms with Crippen molar-refractivity contribution in [3.8, 4) is 0 Å². The van der Waals surface area contributed by atoms with E-state index in [0.717, 1.165) is 0 Å². The van der Waals surface area contributed by atoms with Gasteiger partial charge in [0, 0.05) is 0 Å². The second-order valence-electron chi connectivity index (χ2n) is 5.30. The molecule has 0 atom stereocenters. The van der Waals surface area contributed by atoms with Gasteiger partial charge in [-0.05, 0) is 0 Å². The van der Waals surface area contributed by atoms with Gasteiger partial charge >= 0.3 is 104 Å². The summed E-state index contributed by atoms with van der Waals surface area (Å²) in [5.74, 6) is 0. The molecule has 0 aromatic rings. The molecule has 0 aromatic carbocycles. The molecule has 98 valence electrons. The first-order chi connectivity index (χ1) is 7.74. The summed E-state index contributed by atoms with van der Waals surface area (Å²) in [5.41, 5.74) is 0. The van der Waals surface area contributed by atoms with Crippen LogP contribution in [0, 0.1) is 0 Å². The van der Waals surface area contributed by atoms with Crippen LogP contribution in [0.15, 0.2) is 12.7 Å². The molecule has 0 bridgehead atoms. The average Bonchev–Trinajstić information content (AvgIpc) is 2.31. The van der Waals surface area contributed by atoms with Gasteiger partial charge in [0.1, 0.15) is 0 Å². The third kappa shape index (κ3) is 6.69. The third-order valence-electron chi connectivity index (χ3n) is 3.76. The van der Waals surface area contributed by atoms with E-state index in [4.69, 9.17) is 0 Å². The van der Waals surface area contributed by atoms with E-state index in [1.807, 2.05) is 0 Å². The maximum absolute atomic E-state index is 4.00. The first-order valence-electron chi connectivity index (χ1n) is 7.35. The average molecular weight is 244 g/mol. The van der Waals surface area contributed by atoms with Gasteiger partial charge in [0.15, 0.2) is 0 Å². The van der Waals surface area contributed by atoms with E-state index in [0.29, 0.717) is 0 Å². The normalized spacial score (nSPS) is 12.7. The molecule has 0 aliphatic rings. The molecule has 0 nitrogen and oxygen atoms in total. The van der Waals surface area contributed by atoms with Gasteiger partial charge in [-0.15, -0.1) is 0 Å². The van der Waals surface area contributed by atoms with Crippen LogP contribution in [0.1, 0.15) is 59.3 Å². The molecule has 0 heterocycles. The van der Waals surface area contributed by atoms with E-state index in [1.54, 1.807) is 18.5 Å². The van der Waals surface area contributed by atoms with E-state index < -0.39 is 7.26 Å². The van der Waals surface area contributed by atoms with Gasteiger partial charge in [0.05, 0.1) is 0 Å². The SMILES string of the molecule is C=CC[PH](CCCC)(CCCC)CCCC. The fourth-order valence-electron chi connectivity index (χ4n) is 2.64. The summed E-state index contributed by atoms with van der Waals surface area (Å²) in [6, 6.07) is 0. The van der Waals surface area contributed by atoms with Gasteiger partial charge in [0.25, 0.3) is 0 Å². The van der Waals surface area contributed by atoms with Crippen molar-refractivity contribution in [3.05, 3.63) is 12.7 Å². The Balaban J connectivity index is 4.37. The van der Waals surface area contributed by atoms with Crippen LogP contribution in [0.25, 0.3) is 0 Å². The Bertz CT molecular complexity index is 141. The molecule has 0 saturated heterocycles. The fraction of sp³-hybridized carbons (Fsp3) is 0.867. The summed E-state index contributed by atoms with van der Waals surface area (Å²) in [5, 5.41) is 0. The van der Waals surface area contributed by atoms with Crippen molar-refractivity contribution in [2.75, 3.05) is 24.6 Å². The predicted octanol–water partition coefficient (Wildman–Crippen LogP) is 5.32. The molecule has 16 heavy (non-hydrogen) atoms. The number of hydrogen-bond donors (Lipinski definition) is 0. The summed E-state index contributed by atoms with van der Waals surface area (Å²) in [6.45, 7) is 11.0. The number of rotatable bonds is 11. The summed E-state index contributed by atoms with van der Waals surface area (Å²) in [6.07, 6.45) is 16.7. The topological polar surface area (TPSA) is 0 Å². The minimum atomic E-state index is -0.976. The molecule has 0 rings (SSSR count). The molecule has 0 unspecified atom stereocenters. The molecule has 0 saturated carbocycles. The van der Waals surface area contributed by atoms with Crippen molar-refractivity contribution in [2.24, 2.45) is 0 Å². The fourth-order valence-corrected chi connectivity index (χ4v) is 7.93. The zero-order valence-electron chi connectivity index (χ0n) is 11.9. The van der Waals surface area contributed by atoms with Crippen molar-refractivity contribution in [1.29, 1.82) is 0 Å². The van der Waals surface area contributed by atoms with E-state index in [-0.39, 0.29) is 0 Å². The Hall–Kier alpha value is 0.170. The molecule has 0 N–H and O–H groups in total. The second-order valence-corrected chi connectivity index (χ2v) is 10.2. The Morgan fingerprint density at radius 2 is 1.19 bits per heavy atom. The van der Waals surface area contributed by atoms with Crippen LogP contribution in [0.3, 0.4) is 0 Å². The monoisotopic (exact) mass is 244 g/mol. The summed E-state index contributed by atoms with van der Waals surface area (Å²) < 4.78 is 0. The van der Waals surface area contributed by atoms with Crippen LogP contribution in [0.2, 0.25) is 0 Å². The Morgan fingerprint density at radius 3 is 1.44 bits per heavy atom. The molecule has 0 aromatic heterocycles. The minimum absolute atomic E-state index is 0.976. The van der Waals surface area contributed by atoms with E-state index in [9.17, 15) is 0 Å². The van der Waals surface area contributed by atoms with Crippen molar-refractivity contribution in [2.45, 2.75) is 59.3 Å². The van der Waals surface area contributed by atoms with Gasteiger partial charge in [-0.2, -0.15) is 0 Å². The molecule has 0 spiro atoms. The van der Waals surface area contributed by atoms with Crippen LogP contribution in [-0.4, -0.2) is 24.6 Å². The van der Waals surface area contributed by atoms with Crippen LogP contribution < -0.4 is 0 Å². The van der Waals surface area contributed by atoms with Gasteiger partial charge in [-0.25, -0.2) is 0 Å². The van der Waals surface area contributed by atoms with Crippen molar-refractivity contribution >= 4 is 7.26 Å². The predicted molar refractivity (Wildman–Crippen MR) is 82.7 cm³/mol. The van der Waals surface area contributed by atoms with Gasteiger partial charge in [0.2, 0.25) is 0 Å².